The average molecular weight is 301 g/mol. The Morgan fingerprint density at radius 3 is 2.67 bits per heavy atom. The Labute approximate surface area is 123 Å². The second-order valence-electron chi connectivity index (χ2n) is 4.81. The fraction of sp³-hybridized carbons (Fsp3) is 0.133. The lowest BCUT2D eigenvalue weighted by Crippen LogP contribution is -2.23. The number of sulfonamides is 1. The number of nitrogens with zero attached hydrogens (tertiary/aromatic N) is 1. The van der Waals surface area contributed by atoms with Crippen molar-refractivity contribution in [3.8, 4) is 0 Å². The highest BCUT2D eigenvalue weighted by Crippen LogP contribution is 2.17. The molecular weight excluding hydrogens is 286 g/mol. The normalized spacial score (nSPS) is 11.9. The SMILES string of the molecule is Cc1nc2ccc(S(=O)(=O)NCc3ccccc3)cc2[nH]1. The number of H-pyrrole nitrogens is 1. The molecule has 0 saturated carbocycles. The zero-order valence-corrected chi connectivity index (χ0v) is 12.3. The van der Waals surface area contributed by atoms with E-state index in [0.29, 0.717) is 0 Å². The van der Waals surface area contributed by atoms with E-state index in [4.69, 9.17) is 0 Å². The van der Waals surface area contributed by atoms with Gasteiger partial charge in [0.1, 0.15) is 5.82 Å². The number of fused-ring (bicyclic) bond motifs is 1. The molecule has 0 fully saturated rings. The predicted octanol–water partition coefficient (Wildman–Crippen LogP) is 2.35. The Kier molecular flexibility index (Phi) is 3.48. The molecule has 0 atom stereocenters. The van der Waals surface area contributed by atoms with Crippen LogP contribution in [0.2, 0.25) is 0 Å². The van der Waals surface area contributed by atoms with Gasteiger partial charge in [0.15, 0.2) is 0 Å². The Bertz CT molecular complexity index is 870. The lowest BCUT2D eigenvalue weighted by Gasteiger charge is -2.06. The highest BCUT2D eigenvalue weighted by molar-refractivity contribution is 7.89. The number of aromatic amines is 1. The van der Waals surface area contributed by atoms with Crippen LogP contribution >= 0.6 is 0 Å². The summed E-state index contributed by atoms with van der Waals surface area (Å²) in [6.07, 6.45) is 0. The number of hydrogen-bond acceptors (Lipinski definition) is 3. The van der Waals surface area contributed by atoms with Crippen molar-refractivity contribution in [1.29, 1.82) is 0 Å². The van der Waals surface area contributed by atoms with Crippen LogP contribution in [0.25, 0.3) is 11.0 Å². The van der Waals surface area contributed by atoms with Crippen molar-refractivity contribution in [2.24, 2.45) is 0 Å². The van der Waals surface area contributed by atoms with E-state index in [1.54, 1.807) is 18.2 Å². The Morgan fingerprint density at radius 2 is 1.90 bits per heavy atom. The van der Waals surface area contributed by atoms with E-state index < -0.39 is 10.0 Å². The Balaban J connectivity index is 1.85. The molecule has 0 amide bonds. The number of nitrogens with one attached hydrogen (secondary N) is 2. The molecule has 0 spiro atoms. The van der Waals surface area contributed by atoms with E-state index in [1.807, 2.05) is 37.3 Å². The van der Waals surface area contributed by atoms with Crippen molar-refractivity contribution in [3.05, 3.63) is 59.9 Å². The quantitative estimate of drug-likeness (QED) is 0.776. The number of aromatic nitrogens is 2. The third-order valence-electron chi connectivity index (χ3n) is 3.19. The van der Waals surface area contributed by atoms with Gasteiger partial charge in [0.25, 0.3) is 0 Å². The molecule has 0 saturated heterocycles. The molecule has 6 heteroatoms. The molecule has 0 aliphatic carbocycles. The molecule has 1 heterocycles. The van der Waals surface area contributed by atoms with E-state index in [9.17, 15) is 8.42 Å². The van der Waals surface area contributed by atoms with Crippen LogP contribution in [-0.4, -0.2) is 18.4 Å². The largest absolute Gasteiger partial charge is 0.342 e. The molecule has 2 aromatic carbocycles. The van der Waals surface area contributed by atoms with Gasteiger partial charge in [-0.1, -0.05) is 30.3 Å². The summed E-state index contributed by atoms with van der Waals surface area (Å²) in [5.41, 5.74) is 2.39. The van der Waals surface area contributed by atoms with Gasteiger partial charge in [0.05, 0.1) is 15.9 Å². The Hall–Kier alpha value is -2.18. The number of rotatable bonds is 4. The molecule has 2 N–H and O–H groups in total. The molecular formula is C15H15N3O2S. The molecule has 0 unspecified atom stereocenters. The number of imidazole rings is 1. The third-order valence-corrected chi connectivity index (χ3v) is 4.59. The van der Waals surface area contributed by atoms with Gasteiger partial charge in [0.2, 0.25) is 10.0 Å². The van der Waals surface area contributed by atoms with Crippen LogP contribution in [-0.2, 0) is 16.6 Å². The summed E-state index contributed by atoms with van der Waals surface area (Å²) in [7, 11) is -3.54. The molecule has 0 bridgehead atoms. The standard InChI is InChI=1S/C15H15N3O2S/c1-11-17-14-8-7-13(9-15(14)18-11)21(19,20)16-10-12-5-3-2-4-6-12/h2-9,16H,10H2,1H3,(H,17,18). The first-order chi connectivity index (χ1) is 10.0. The van der Waals surface area contributed by atoms with Gasteiger partial charge in [-0.25, -0.2) is 18.1 Å². The maximum atomic E-state index is 12.3. The highest BCUT2D eigenvalue weighted by Gasteiger charge is 2.15. The molecule has 1 aromatic heterocycles. The van der Waals surface area contributed by atoms with Gasteiger partial charge in [0, 0.05) is 6.54 Å². The van der Waals surface area contributed by atoms with Gasteiger partial charge in [-0.15, -0.1) is 0 Å². The molecule has 108 valence electrons. The molecule has 0 aliphatic heterocycles. The van der Waals surface area contributed by atoms with Gasteiger partial charge in [-0.3, -0.25) is 0 Å². The van der Waals surface area contributed by atoms with E-state index in [-0.39, 0.29) is 11.4 Å². The van der Waals surface area contributed by atoms with E-state index in [0.717, 1.165) is 22.4 Å². The molecule has 0 radical (unpaired) electrons. The van der Waals surface area contributed by atoms with Crippen LogP contribution in [0.5, 0.6) is 0 Å². The molecule has 0 aliphatic rings. The van der Waals surface area contributed by atoms with Crippen molar-refractivity contribution in [3.63, 3.8) is 0 Å². The van der Waals surface area contributed by atoms with Crippen molar-refractivity contribution >= 4 is 21.1 Å². The minimum Gasteiger partial charge on any atom is -0.342 e. The second kappa shape index (κ2) is 5.31. The minimum absolute atomic E-state index is 0.231. The number of hydrogen-bond donors (Lipinski definition) is 2. The topological polar surface area (TPSA) is 74.8 Å². The zero-order chi connectivity index (χ0) is 14.9. The van der Waals surface area contributed by atoms with Crippen LogP contribution in [0.15, 0.2) is 53.4 Å². The summed E-state index contributed by atoms with van der Waals surface area (Å²) in [6.45, 7) is 2.10. The Morgan fingerprint density at radius 1 is 1.14 bits per heavy atom. The van der Waals surface area contributed by atoms with Gasteiger partial charge in [-0.2, -0.15) is 0 Å². The van der Waals surface area contributed by atoms with Crippen molar-refractivity contribution in [2.75, 3.05) is 0 Å². The molecule has 3 aromatic rings. The summed E-state index contributed by atoms with van der Waals surface area (Å²) in [4.78, 5) is 7.53. The molecule has 3 rings (SSSR count). The van der Waals surface area contributed by atoms with Gasteiger partial charge < -0.3 is 4.98 Å². The van der Waals surface area contributed by atoms with E-state index >= 15 is 0 Å². The van der Waals surface area contributed by atoms with Crippen LogP contribution in [0, 0.1) is 6.92 Å². The van der Waals surface area contributed by atoms with Gasteiger partial charge in [-0.05, 0) is 30.7 Å². The molecule has 5 nitrogen and oxygen atoms in total. The van der Waals surface area contributed by atoms with Crippen LogP contribution in [0.4, 0.5) is 0 Å². The van der Waals surface area contributed by atoms with Gasteiger partial charge >= 0.3 is 0 Å². The maximum absolute atomic E-state index is 12.3. The van der Waals surface area contributed by atoms with Crippen LogP contribution < -0.4 is 4.72 Å². The fourth-order valence-electron chi connectivity index (χ4n) is 2.14. The summed E-state index contributed by atoms with van der Waals surface area (Å²) in [5, 5.41) is 0. The summed E-state index contributed by atoms with van der Waals surface area (Å²) in [5.74, 6) is 0.761. The number of benzene rings is 2. The fourth-order valence-corrected chi connectivity index (χ4v) is 3.18. The molecule has 21 heavy (non-hydrogen) atoms. The third kappa shape index (κ3) is 2.96. The maximum Gasteiger partial charge on any atom is 0.240 e. The first-order valence-corrected chi connectivity index (χ1v) is 8.03. The van der Waals surface area contributed by atoms with Crippen LogP contribution in [0.1, 0.15) is 11.4 Å². The van der Waals surface area contributed by atoms with E-state index in [1.165, 1.54) is 0 Å². The lowest BCUT2D eigenvalue weighted by molar-refractivity contribution is 0.581. The van der Waals surface area contributed by atoms with E-state index in [2.05, 4.69) is 14.7 Å². The highest BCUT2D eigenvalue weighted by atomic mass is 32.2. The van der Waals surface area contributed by atoms with Crippen LogP contribution in [0.3, 0.4) is 0 Å². The second-order valence-corrected chi connectivity index (χ2v) is 6.58. The van der Waals surface area contributed by atoms with Crippen molar-refractivity contribution in [2.45, 2.75) is 18.4 Å². The van der Waals surface area contributed by atoms with Crippen molar-refractivity contribution in [1.82, 2.24) is 14.7 Å². The summed E-state index contributed by atoms with van der Waals surface area (Å²) >= 11 is 0. The minimum atomic E-state index is -3.54. The summed E-state index contributed by atoms with van der Waals surface area (Å²) in [6, 6.07) is 14.3. The smallest absolute Gasteiger partial charge is 0.240 e. The zero-order valence-electron chi connectivity index (χ0n) is 11.5. The number of aryl methyl sites for hydroxylation is 1. The first kappa shape index (κ1) is 13.8. The first-order valence-electron chi connectivity index (χ1n) is 6.54. The van der Waals surface area contributed by atoms with Crippen molar-refractivity contribution < 1.29 is 8.42 Å². The lowest BCUT2D eigenvalue weighted by atomic mass is 10.2. The summed E-state index contributed by atoms with van der Waals surface area (Å²) < 4.78 is 27.2. The monoisotopic (exact) mass is 301 g/mol. The predicted molar refractivity (Wildman–Crippen MR) is 81.3 cm³/mol. The average Bonchev–Trinajstić information content (AvgIpc) is 2.85.